The minimum Gasteiger partial charge on any atom is -0.474 e. The van der Waals surface area contributed by atoms with Gasteiger partial charge in [0, 0.05) is 6.07 Å². The van der Waals surface area contributed by atoms with Crippen LogP contribution in [0.2, 0.25) is 0 Å². The maximum atomic E-state index is 13.1. The van der Waals surface area contributed by atoms with Crippen LogP contribution in [0, 0.1) is 5.82 Å². The number of hydrogen-bond donors (Lipinski definition) is 5. The van der Waals surface area contributed by atoms with Crippen molar-refractivity contribution in [3.63, 3.8) is 0 Å². The number of pyridine rings is 1. The molecule has 0 aliphatic heterocycles. The Morgan fingerprint density at radius 1 is 1.21 bits per heavy atom. The zero-order chi connectivity index (χ0) is 20.1. The number of ether oxygens (including phenoxy) is 1. The van der Waals surface area contributed by atoms with Crippen molar-refractivity contribution in [2.45, 2.75) is 26.0 Å². The number of rotatable bonds is 8. The first kappa shape index (κ1) is 19.4. The first-order valence-corrected chi connectivity index (χ1v) is 8.83. The summed E-state index contributed by atoms with van der Waals surface area (Å²) in [5, 5.41) is 22.7. The molecule has 148 valence electrons. The van der Waals surface area contributed by atoms with Crippen LogP contribution in [0.15, 0.2) is 42.5 Å². The second-order valence-corrected chi connectivity index (χ2v) is 6.48. The summed E-state index contributed by atoms with van der Waals surface area (Å²) in [7, 11) is 0. The van der Waals surface area contributed by atoms with E-state index in [0.717, 1.165) is 5.56 Å². The first-order valence-electron chi connectivity index (χ1n) is 8.83. The summed E-state index contributed by atoms with van der Waals surface area (Å²) in [4.78, 5) is 4.45. The second-order valence-electron chi connectivity index (χ2n) is 6.48. The van der Waals surface area contributed by atoms with Gasteiger partial charge in [0.05, 0.1) is 24.4 Å². The molecule has 0 unspecified atom stereocenters. The van der Waals surface area contributed by atoms with Crippen LogP contribution in [0.4, 0.5) is 27.5 Å². The lowest BCUT2D eigenvalue weighted by molar-refractivity contribution is 0.232. The summed E-state index contributed by atoms with van der Waals surface area (Å²) in [5.41, 5.74) is 7.18. The molecule has 2 heterocycles. The quantitative estimate of drug-likeness (QED) is 0.403. The van der Waals surface area contributed by atoms with Crippen LogP contribution >= 0.6 is 0 Å². The molecule has 2 aromatic heterocycles. The molecule has 0 saturated carbocycles. The molecule has 0 spiro atoms. The van der Waals surface area contributed by atoms with Crippen LogP contribution in [0.1, 0.15) is 25.5 Å². The number of anilines is 4. The van der Waals surface area contributed by atoms with Gasteiger partial charge in [-0.25, -0.2) is 9.37 Å². The zero-order valence-electron chi connectivity index (χ0n) is 15.6. The Balaban J connectivity index is 1.75. The third-order valence-electron chi connectivity index (χ3n) is 3.87. The average molecular weight is 386 g/mol. The van der Waals surface area contributed by atoms with E-state index >= 15 is 0 Å². The van der Waals surface area contributed by atoms with E-state index in [1.165, 1.54) is 12.1 Å². The highest BCUT2D eigenvalue weighted by atomic mass is 19.1. The van der Waals surface area contributed by atoms with Gasteiger partial charge in [0.25, 0.3) is 0 Å². The molecule has 1 aromatic carbocycles. The van der Waals surface area contributed by atoms with E-state index in [1.807, 2.05) is 13.8 Å². The molecule has 3 aromatic rings. The standard InChI is InChI=1S/C19H23FN6O2/c1-11(2)28-18-9-17(25-26-18)24-19-14(21)7-8-16(23-19)22-15(10-27)12-3-5-13(20)6-4-12/h3-9,11,15,27H,10,21H2,1-2H3,(H3,22,23,24,25,26)/t15-/m0/s1. The normalized spacial score (nSPS) is 12.0. The van der Waals surface area contributed by atoms with Gasteiger partial charge in [0.2, 0.25) is 5.88 Å². The first-order chi connectivity index (χ1) is 13.4. The lowest BCUT2D eigenvalue weighted by Gasteiger charge is -2.18. The third kappa shape index (κ3) is 4.89. The summed E-state index contributed by atoms with van der Waals surface area (Å²) in [6.45, 7) is 3.64. The minimum absolute atomic E-state index is 0.00810. The van der Waals surface area contributed by atoms with Crippen LogP contribution in [-0.4, -0.2) is 33.0 Å². The van der Waals surface area contributed by atoms with Crippen molar-refractivity contribution in [3.05, 3.63) is 53.8 Å². The fourth-order valence-electron chi connectivity index (χ4n) is 2.56. The van der Waals surface area contributed by atoms with Crippen LogP contribution < -0.4 is 21.1 Å². The predicted octanol–water partition coefficient (Wildman–Crippen LogP) is 3.20. The number of benzene rings is 1. The topological polar surface area (TPSA) is 121 Å². The molecule has 0 saturated heterocycles. The molecular weight excluding hydrogens is 363 g/mol. The van der Waals surface area contributed by atoms with Crippen LogP contribution in [0.3, 0.4) is 0 Å². The minimum atomic E-state index is -0.442. The Morgan fingerprint density at radius 2 is 1.96 bits per heavy atom. The Bertz CT molecular complexity index is 913. The molecule has 6 N–H and O–H groups in total. The maximum absolute atomic E-state index is 13.1. The number of nitrogens with one attached hydrogen (secondary N) is 3. The number of halogens is 1. The number of nitrogens with zero attached hydrogens (tertiary/aromatic N) is 2. The molecule has 9 heteroatoms. The largest absolute Gasteiger partial charge is 0.474 e. The van der Waals surface area contributed by atoms with Crippen LogP contribution in [0.5, 0.6) is 5.88 Å². The van der Waals surface area contributed by atoms with E-state index in [9.17, 15) is 9.50 Å². The lowest BCUT2D eigenvalue weighted by atomic mass is 10.1. The second kappa shape index (κ2) is 8.57. The molecule has 8 nitrogen and oxygen atoms in total. The van der Waals surface area contributed by atoms with E-state index < -0.39 is 6.04 Å². The Labute approximate surface area is 162 Å². The fourth-order valence-corrected chi connectivity index (χ4v) is 2.56. The Hall–Kier alpha value is -3.33. The molecule has 0 aliphatic carbocycles. The van der Waals surface area contributed by atoms with Gasteiger partial charge in [-0.15, -0.1) is 5.10 Å². The molecule has 0 amide bonds. The third-order valence-corrected chi connectivity index (χ3v) is 3.87. The van der Waals surface area contributed by atoms with E-state index in [-0.39, 0.29) is 18.5 Å². The summed E-state index contributed by atoms with van der Waals surface area (Å²) in [5.74, 6) is 1.61. The van der Waals surface area contributed by atoms with Gasteiger partial charge >= 0.3 is 0 Å². The highest BCUT2D eigenvalue weighted by Gasteiger charge is 2.13. The van der Waals surface area contributed by atoms with Gasteiger partial charge in [-0.1, -0.05) is 12.1 Å². The Morgan fingerprint density at radius 3 is 2.64 bits per heavy atom. The number of aromatic amines is 1. The molecule has 0 aliphatic rings. The fraction of sp³-hybridized carbons (Fsp3) is 0.263. The van der Waals surface area contributed by atoms with E-state index in [1.54, 1.807) is 30.3 Å². The van der Waals surface area contributed by atoms with Crippen LogP contribution in [0.25, 0.3) is 0 Å². The van der Waals surface area contributed by atoms with Crippen molar-refractivity contribution >= 4 is 23.1 Å². The van der Waals surface area contributed by atoms with Crippen molar-refractivity contribution in [3.8, 4) is 5.88 Å². The monoisotopic (exact) mass is 386 g/mol. The number of aromatic nitrogens is 3. The van der Waals surface area contributed by atoms with Gasteiger partial charge < -0.3 is 26.2 Å². The molecular formula is C19H23FN6O2. The zero-order valence-corrected chi connectivity index (χ0v) is 15.6. The molecule has 0 radical (unpaired) electrons. The number of hydrogen-bond acceptors (Lipinski definition) is 7. The van der Waals surface area contributed by atoms with Gasteiger partial charge in [-0.05, 0) is 43.7 Å². The highest BCUT2D eigenvalue weighted by molar-refractivity contribution is 5.69. The predicted molar refractivity (Wildman–Crippen MR) is 106 cm³/mol. The summed E-state index contributed by atoms with van der Waals surface area (Å²) < 4.78 is 18.6. The molecule has 3 rings (SSSR count). The average Bonchev–Trinajstić information content (AvgIpc) is 3.09. The Kier molecular flexibility index (Phi) is 5.95. The van der Waals surface area contributed by atoms with E-state index in [0.29, 0.717) is 29.0 Å². The van der Waals surface area contributed by atoms with Crippen molar-refractivity contribution in [2.24, 2.45) is 0 Å². The number of aliphatic hydroxyl groups is 1. The van der Waals surface area contributed by atoms with Gasteiger partial charge in [-0.2, -0.15) is 0 Å². The SMILES string of the molecule is CC(C)Oc1cc(Nc2nc(N[C@@H](CO)c3ccc(F)cc3)ccc2N)[nH]n1. The number of aliphatic hydroxyl groups excluding tert-OH is 1. The molecule has 0 bridgehead atoms. The van der Waals surface area contributed by atoms with E-state index in [4.69, 9.17) is 10.5 Å². The number of H-pyrrole nitrogens is 1. The summed E-state index contributed by atoms with van der Waals surface area (Å²) in [6.07, 6.45) is 0.00810. The lowest BCUT2D eigenvalue weighted by Crippen LogP contribution is -2.16. The van der Waals surface area contributed by atoms with Gasteiger partial charge in [0.1, 0.15) is 17.5 Å². The number of nitrogens with two attached hydrogens (primary N) is 1. The highest BCUT2D eigenvalue weighted by Crippen LogP contribution is 2.26. The maximum Gasteiger partial charge on any atom is 0.234 e. The summed E-state index contributed by atoms with van der Waals surface area (Å²) in [6, 6.07) is 10.6. The van der Waals surface area contributed by atoms with Crippen molar-refractivity contribution < 1.29 is 14.2 Å². The number of nitrogen functional groups attached to an aromatic ring is 1. The molecule has 28 heavy (non-hydrogen) atoms. The molecule has 1 atom stereocenters. The van der Waals surface area contributed by atoms with Gasteiger partial charge in [0.15, 0.2) is 5.82 Å². The van der Waals surface area contributed by atoms with Crippen LogP contribution in [-0.2, 0) is 0 Å². The smallest absolute Gasteiger partial charge is 0.234 e. The van der Waals surface area contributed by atoms with E-state index in [2.05, 4.69) is 25.8 Å². The van der Waals surface area contributed by atoms with Crippen molar-refractivity contribution in [1.29, 1.82) is 0 Å². The van der Waals surface area contributed by atoms with Gasteiger partial charge in [-0.3, -0.25) is 5.10 Å². The summed E-state index contributed by atoms with van der Waals surface area (Å²) >= 11 is 0. The van der Waals surface area contributed by atoms with Crippen molar-refractivity contribution in [1.82, 2.24) is 15.2 Å². The molecule has 0 fully saturated rings. The van der Waals surface area contributed by atoms with Crippen molar-refractivity contribution in [2.75, 3.05) is 23.0 Å².